The highest BCUT2D eigenvalue weighted by Gasteiger charge is 2.38. The molecule has 4 nitrogen and oxygen atoms in total. The van der Waals surface area contributed by atoms with Crippen LogP contribution in [0.4, 0.5) is 0 Å². The first-order valence-corrected chi connectivity index (χ1v) is 5.92. The Balaban J connectivity index is 1.89. The third kappa shape index (κ3) is 1.03. The van der Waals surface area contributed by atoms with Crippen molar-refractivity contribution in [1.29, 1.82) is 0 Å². The minimum atomic E-state index is 0.241. The minimum Gasteiger partial charge on any atom is -0.307 e. The number of nitrogens with zero attached hydrogens (tertiary/aromatic N) is 1. The van der Waals surface area contributed by atoms with Gasteiger partial charge in [-0.05, 0) is 25.7 Å². The Kier molecular flexibility index (Phi) is 1.39. The molecular formula is C11H15N3O. The molecule has 1 saturated heterocycles. The highest BCUT2D eigenvalue weighted by Crippen LogP contribution is 2.37. The van der Waals surface area contributed by atoms with Crippen LogP contribution in [-0.4, -0.2) is 15.8 Å². The molecule has 4 heteroatoms. The van der Waals surface area contributed by atoms with Gasteiger partial charge in [-0.25, -0.2) is 4.68 Å². The third-order valence-electron chi connectivity index (χ3n) is 3.98. The minimum absolute atomic E-state index is 0.241. The number of hydrogen-bond acceptors (Lipinski definition) is 2. The van der Waals surface area contributed by atoms with Crippen LogP contribution in [0.2, 0.25) is 0 Å². The van der Waals surface area contributed by atoms with Crippen LogP contribution in [0.5, 0.6) is 0 Å². The van der Waals surface area contributed by atoms with Crippen molar-refractivity contribution in [2.24, 2.45) is 0 Å². The number of rotatable bonds is 1. The van der Waals surface area contributed by atoms with E-state index in [9.17, 15) is 4.79 Å². The van der Waals surface area contributed by atoms with Crippen LogP contribution in [0.15, 0.2) is 4.79 Å². The summed E-state index contributed by atoms with van der Waals surface area (Å²) in [6.45, 7) is 0. The van der Waals surface area contributed by atoms with Gasteiger partial charge in [-0.2, -0.15) is 0 Å². The van der Waals surface area contributed by atoms with Crippen molar-refractivity contribution < 1.29 is 0 Å². The summed E-state index contributed by atoms with van der Waals surface area (Å²) in [4.78, 5) is 12.2. The molecule has 15 heavy (non-hydrogen) atoms. The van der Waals surface area contributed by atoms with Crippen molar-refractivity contribution in [2.75, 3.05) is 0 Å². The molecule has 2 unspecified atom stereocenters. The first-order valence-electron chi connectivity index (χ1n) is 5.92. The maximum absolute atomic E-state index is 12.2. The fraction of sp³-hybridized carbons (Fsp3) is 0.727. The first kappa shape index (κ1) is 8.16. The summed E-state index contributed by atoms with van der Waals surface area (Å²) in [5, 5.41) is 6.86. The van der Waals surface area contributed by atoms with Crippen LogP contribution >= 0.6 is 0 Å². The van der Waals surface area contributed by atoms with Crippen molar-refractivity contribution in [3.63, 3.8) is 0 Å². The highest BCUT2D eigenvalue weighted by molar-refractivity contribution is 5.28. The second-order valence-electron chi connectivity index (χ2n) is 5.11. The van der Waals surface area contributed by atoms with Crippen LogP contribution < -0.4 is 10.9 Å². The van der Waals surface area contributed by atoms with Gasteiger partial charge in [0.1, 0.15) is 0 Å². The molecule has 1 aliphatic carbocycles. The van der Waals surface area contributed by atoms with Crippen LogP contribution in [0.3, 0.4) is 0 Å². The summed E-state index contributed by atoms with van der Waals surface area (Å²) in [7, 11) is 0. The smallest absolute Gasteiger partial charge is 0.271 e. The van der Waals surface area contributed by atoms with Crippen LogP contribution in [0, 0.1) is 0 Å². The molecule has 1 aromatic rings. The van der Waals surface area contributed by atoms with Crippen molar-refractivity contribution >= 4 is 0 Å². The molecule has 2 atom stereocenters. The zero-order valence-corrected chi connectivity index (χ0v) is 8.62. The maximum atomic E-state index is 12.2. The molecule has 0 aromatic carbocycles. The molecular weight excluding hydrogens is 190 g/mol. The molecule has 1 aromatic heterocycles. The van der Waals surface area contributed by atoms with Gasteiger partial charge in [-0.15, -0.1) is 0 Å². The van der Waals surface area contributed by atoms with E-state index in [1.54, 1.807) is 0 Å². The fourth-order valence-electron chi connectivity index (χ4n) is 3.07. The van der Waals surface area contributed by atoms with Gasteiger partial charge in [-0.1, -0.05) is 0 Å². The van der Waals surface area contributed by atoms with Gasteiger partial charge in [0.15, 0.2) is 0 Å². The maximum Gasteiger partial charge on any atom is 0.271 e. The summed E-state index contributed by atoms with van der Waals surface area (Å²) in [6.07, 6.45) is 5.70. The highest BCUT2D eigenvalue weighted by atomic mass is 16.1. The second kappa shape index (κ2) is 2.55. The molecule has 2 aliphatic heterocycles. The van der Waals surface area contributed by atoms with Crippen molar-refractivity contribution in [2.45, 2.75) is 50.2 Å². The zero-order valence-electron chi connectivity index (χ0n) is 8.62. The molecule has 0 spiro atoms. The van der Waals surface area contributed by atoms with E-state index >= 15 is 0 Å². The number of fused-ring (bicyclic) bond motifs is 4. The molecule has 0 amide bonds. The van der Waals surface area contributed by atoms with Gasteiger partial charge in [0.25, 0.3) is 5.56 Å². The van der Waals surface area contributed by atoms with E-state index < -0.39 is 0 Å². The van der Waals surface area contributed by atoms with Crippen molar-refractivity contribution in [3.8, 4) is 0 Å². The predicted molar refractivity (Wildman–Crippen MR) is 55.9 cm³/mol. The monoisotopic (exact) mass is 205 g/mol. The van der Waals surface area contributed by atoms with Gasteiger partial charge in [0, 0.05) is 24.2 Å². The molecule has 1 saturated carbocycles. The summed E-state index contributed by atoms with van der Waals surface area (Å²) in [6, 6.07) is 1.41. The van der Waals surface area contributed by atoms with E-state index in [4.69, 9.17) is 0 Å². The van der Waals surface area contributed by atoms with E-state index in [1.165, 1.54) is 25.0 Å². The lowest BCUT2D eigenvalue weighted by Crippen LogP contribution is -2.34. The molecule has 4 rings (SSSR count). The largest absolute Gasteiger partial charge is 0.307 e. The SMILES string of the molecule is O=c1c2c([nH]n1C1CC1)CC1CCC2N1. The average Bonchev–Trinajstić information content (AvgIpc) is 2.93. The van der Waals surface area contributed by atoms with Gasteiger partial charge in [0.2, 0.25) is 0 Å². The Morgan fingerprint density at radius 3 is 2.87 bits per heavy atom. The van der Waals surface area contributed by atoms with E-state index in [0.29, 0.717) is 18.1 Å². The number of nitrogens with one attached hydrogen (secondary N) is 2. The Bertz CT molecular complexity index is 469. The molecule has 80 valence electrons. The molecule has 3 aliphatic rings. The molecule has 2 fully saturated rings. The zero-order chi connectivity index (χ0) is 9.99. The van der Waals surface area contributed by atoms with Gasteiger partial charge in [0.05, 0.1) is 11.6 Å². The van der Waals surface area contributed by atoms with Gasteiger partial charge in [-0.3, -0.25) is 9.89 Å². The van der Waals surface area contributed by atoms with Gasteiger partial charge < -0.3 is 5.32 Å². The quantitative estimate of drug-likeness (QED) is 0.714. The Morgan fingerprint density at radius 2 is 2.07 bits per heavy atom. The molecule has 2 N–H and O–H groups in total. The van der Waals surface area contributed by atoms with Crippen LogP contribution in [-0.2, 0) is 6.42 Å². The lowest BCUT2D eigenvalue weighted by Gasteiger charge is -2.19. The molecule has 2 bridgehead atoms. The van der Waals surface area contributed by atoms with E-state index in [-0.39, 0.29) is 5.56 Å². The lowest BCUT2D eigenvalue weighted by atomic mass is 10.0. The number of aromatic nitrogens is 2. The standard InChI is InChI=1S/C11H15N3O/c15-11-10-8-4-1-6(12-8)5-9(10)13-14(11)7-2-3-7/h6-8,12-13H,1-5H2. The summed E-state index contributed by atoms with van der Waals surface area (Å²) >= 11 is 0. The Morgan fingerprint density at radius 1 is 1.20 bits per heavy atom. The van der Waals surface area contributed by atoms with Crippen LogP contribution in [0.1, 0.15) is 49.0 Å². The third-order valence-corrected chi connectivity index (χ3v) is 3.98. The fourth-order valence-corrected chi connectivity index (χ4v) is 3.07. The summed E-state index contributed by atoms with van der Waals surface area (Å²) in [5.41, 5.74) is 2.49. The normalized spacial score (nSPS) is 33.1. The van der Waals surface area contributed by atoms with E-state index in [2.05, 4.69) is 10.4 Å². The predicted octanol–water partition coefficient (Wildman–Crippen LogP) is 0.860. The van der Waals surface area contributed by atoms with Crippen LogP contribution in [0.25, 0.3) is 0 Å². The van der Waals surface area contributed by atoms with Gasteiger partial charge >= 0.3 is 0 Å². The average molecular weight is 205 g/mol. The Labute approximate surface area is 87.7 Å². The van der Waals surface area contributed by atoms with E-state index in [0.717, 1.165) is 18.4 Å². The van der Waals surface area contributed by atoms with E-state index in [1.807, 2.05) is 4.68 Å². The topological polar surface area (TPSA) is 49.8 Å². The Hall–Kier alpha value is -1.03. The second-order valence-corrected chi connectivity index (χ2v) is 5.11. The number of H-pyrrole nitrogens is 1. The summed E-state index contributed by atoms with van der Waals surface area (Å²) in [5.74, 6) is 0. The molecule has 3 heterocycles. The van der Waals surface area contributed by atoms with Crippen molar-refractivity contribution in [3.05, 3.63) is 21.6 Å². The van der Waals surface area contributed by atoms with Crippen molar-refractivity contribution in [1.82, 2.24) is 15.1 Å². The first-order chi connectivity index (χ1) is 7.33. The summed E-state index contributed by atoms with van der Waals surface area (Å²) < 4.78 is 1.87. The molecule has 0 radical (unpaired) electrons. The number of aromatic amines is 1. The lowest BCUT2D eigenvalue weighted by molar-refractivity contribution is 0.508. The number of hydrogen-bond donors (Lipinski definition) is 2.